The van der Waals surface area contributed by atoms with E-state index in [0.717, 1.165) is 45.5 Å². The maximum atomic E-state index is 14.1. The van der Waals surface area contributed by atoms with Crippen molar-refractivity contribution in [1.29, 1.82) is 0 Å². The quantitative estimate of drug-likeness (QED) is 0.260. The summed E-state index contributed by atoms with van der Waals surface area (Å²) in [5, 5.41) is 3.10. The fourth-order valence-corrected chi connectivity index (χ4v) is 5.52. The smallest absolute Gasteiger partial charge is 0.258 e. The Kier molecular flexibility index (Phi) is 6.75. The van der Waals surface area contributed by atoms with Gasteiger partial charge in [-0.05, 0) is 83.5 Å². The van der Waals surface area contributed by atoms with E-state index >= 15 is 0 Å². The second kappa shape index (κ2) is 10.7. The van der Waals surface area contributed by atoms with E-state index in [9.17, 15) is 9.59 Å². The number of carbonyl (C=O) groups is 2. The number of para-hydroxylation sites is 1. The SMILES string of the molecule is Cc1cc(C(=O)N2Cc3ccccc3Cc3ccccc32)c(C)cc1NC(=O)c1ccccc1-c1ccccc1. The Morgan fingerprint density at radius 1 is 0.650 bits per heavy atom. The van der Waals surface area contributed by atoms with E-state index in [2.05, 4.69) is 29.6 Å². The van der Waals surface area contributed by atoms with Crippen molar-refractivity contribution in [2.24, 2.45) is 0 Å². The van der Waals surface area contributed by atoms with Gasteiger partial charge < -0.3 is 10.2 Å². The van der Waals surface area contributed by atoms with Gasteiger partial charge in [0.25, 0.3) is 11.8 Å². The molecule has 40 heavy (non-hydrogen) atoms. The van der Waals surface area contributed by atoms with Crippen molar-refractivity contribution in [2.45, 2.75) is 26.8 Å². The molecule has 0 aliphatic carbocycles. The van der Waals surface area contributed by atoms with Gasteiger partial charge in [0.05, 0.1) is 6.54 Å². The summed E-state index contributed by atoms with van der Waals surface area (Å²) in [5.41, 5.74) is 9.92. The zero-order valence-corrected chi connectivity index (χ0v) is 22.6. The van der Waals surface area contributed by atoms with Crippen LogP contribution in [0.3, 0.4) is 0 Å². The molecule has 0 spiro atoms. The molecule has 5 aromatic rings. The second-order valence-electron chi connectivity index (χ2n) is 10.3. The van der Waals surface area contributed by atoms with Crippen molar-refractivity contribution in [3.8, 4) is 11.1 Å². The number of fused-ring (bicyclic) bond motifs is 2. The van der Waals surface area contributed by atoms with Crippen molar-refractivity contribution >= 4 is 23.2 Å². The van der Waals surface area contributed by atoms with Crippen LogP contribution in [-0.4, -0.2) is 11.8 Å². The number of rotatable bonds is 4. The van der Waals surface area contributed by atoms with Gasteiger partial charge >= 0.3 is 0 Å². The van der Waals surface area contributed by atoms with Gasteiger partial charge in [-0.15, -0.1) is 0 Å². The number of nitrogens with one attached hydrogen (secondary N) is 1. The van der Waals surface area contributed by atoms with E-state index in [1.54, 1.807) is 0 Å². The second-order valence-corrected chi connectivity index (χ2v) is 10.3. The van der Waals surface area contributed by atoms with Crippen LogP contribution in [0.25, 0.3) is 11.1 Å². The normalized spacial score (nSPS) is 12.2. The molecule has 0 saturated heterocycles. The molecular weight excluding hydrogens is 492 g/mol. The Balaban J connectivity index is 1.31. The van der Waals surface area contributed by atoms with Crippen molar-refractivity contribution < 1.29 is 9.59 Å². The van der Waals surface area contributed by atoms with Crippen molar-refractivity contribution in [1.82, 2.24) is 0 Å². The van der Waals surface area contributed by atoms with Crippen LogP contribution in [-0.2, 0) is 13.0 Å². The summed E-state index contributed by atoms with van der Waals surface area (Å²) in [4.78, 5) is 29.4. The molecule has 196 valence electrons. The van der Waals surface area contributed by atoms with Crippen molar-refractivity contribution in [2.75, 3.05) is 10.2 Å². The minimum absolute atomic E-state index is 0.0444. The lowest BCUT2D eigenvalue weighted by Crippen LogP contribution is -2.31. The average Bonchev–Trinajstić information content (AvgIpc) is 3.16. The van der Waals surface area contributed by atoms with Crippen LogP contribution in [0.4, 0.5) is 11.4 Å². The number of benzene rings is 5. The molecular formula is C36H30N2O2. The third kappa shape index (κ3) is 4.80. The van der Waals surface area contributed by atoms with Gasteiger partial charge in [0.2, 0.25) is 0 Å². The number of amides is 2. The highest BCUT2D eigenvalue weighted by Gasteiger charge is 2.26. The predicted molar refractivity (Wildman–Crippen MR) is 162 cm³/mol. The van der Waals surface area contributed by atoms with Crippen LogP contribution in [0.15, 0.2) is 115 Å². The first-order chi connectivity index (χ1) is 19.5. The Labute approximate surface area is 234 Å². The van der Waals surface area contributed by atoms with Crippen LogP contribution in [0, 0.1) is 13.8 Å². The highest BCUT2D eigenvalue weighted by Crippen LogP contribution is 2.33. The molecule has 0 aromatic heterocycles. The summed E-state index contributed by atoms with van der Waals surface area (Å²) < 4.78 is 0. The first-order valence-corrected chi connectivity index (χ1v) is 13.5. The fourth-order valence-electron chi connectivity index (χ4n) is 5.52. The molecule has 0 fully saturated rings. The van der Waals surface area contributed by atoms with Crippen LogP contribution >= 0.6 is 0 Å². The van der Waals surface area contributed by atoms with Gasteiger partial charge in [-0.3, -0.25) is 9.59 Å². The highest BCUT2D eigenvalue weighted by atomic mass is 16.2. The van der Waals surface area contributed by atoms with Gasteiger partial charge in [0.1, 0.15) is 0 Å². The number of carbonyl (C=O) groups excluding carboxylic acids is 2. The summed E-state index contributed by atoms with van der Waals surface area (Å²) in [7, 11) is 0. The molecule has 4 nitrogen and oxygen atoms in total. The number of hydrogen-bond donors (Lipinski definition) is 1. The monoisotopic (exact) mass is 522 g/mol. The molecule has 0 atom stereocenters. The van der Waals surface area contributed by atoms with E-state index in [1.165, 1.54) is 5.56 Å². The summed E-state index contributed by atoms with van der Waals surface area (Å²) in [6.45, 7) is 4.37. The molecule has 1 aliphatic rings. The molecule has 0 bridgehead atoms. The Bertz CT molecular complexity index is 1740. The Hall–Kier alpha value is -4.96. The first kappa shape index (κ1) is 25.3. The van der Waals surface area contributed by atoms with E-state index < -0.39 is 0 Å². The Morgan fingerprint density at radius 3 is 2.10 bits per heavy atom. The third-order valence-electron chi connectivity index (χ3n) is 7.66. The van der Waals surface area contributed by atoms with E-state index in [0.29, 0.717) is 23.4 Å². The van der Waals surface area contributed by atoms with E-state index in [-0.39, 0.29) is 11.8 Å². The van der Waals surface area contributed by atoms with E-state index in [1.807, 2.05) is 110 Å². The fraction of sp³-hybridized carbons (Fsp3) is 0.111. The zero-order chi connectivity index (χ0) is 27.6. The summed E-state index contributed by atoms with van der Waals surface area (Å²) >= 11 is 0. The molecule has 0 unspecified atom stereocenters. The molecule has 1 heterocycles. The lowest BCUT2D eigenvalue weighted by atomic mass is 9.98. The van der Waals surface area contributed by atoms with Gasteiger partial charge in [-0.1, -0.05) is 91.0 Å². The average molecular weight is 523 g/mol. The summed E-state index contributed by atoms with van der Waals surface area (Å²) in [6, 6.07) is 37.8. The maximum Gasteiger partial charge on any atom is 0.258 e. The Morgan fingerprint density at radius 2 is 1.30 bits per heavy atom. The van der Waals surface area contributed by atoms with Crippen molar-refractivity contribution in [3.05, 3.63) is 154 Å². The molecule has 0 radical (unpaired) electrons. The van der Waals surface area contributed by atoms with Gasteiger partial charge in [-0.25, -0.2) is 0 Å². The molecule has 0 saturated carbocycles. The van der Waals surface area contributed by atoms with Gasteiger partial charge in [0.15, 0.2) is 0 Å². The molecule has 4 heteroatoms. The van der Waals surface area contributed by atoms with Gasteiger partial charge in [-0.2, -0.15) is 0 Å². The maximum absolute atomic E-state index is 14.1. The molecule has 5 aromatic carbocycles. The highest BCUT2D eigenvalue weighted by molar-refractivity contribution is 6.10. The standard InChI is InChI=1S/C36H30N2O2/c1-24-21-33(37-35(39)31-18-10-9-17-30(31)26-12-4-3-5-13-26)25(2)20-32(24)36(40)38-23-29-16-7-6-14-27(29)22-28-15-8-11-19-34(28)38/h3-21H,22-23H2,1-2H3,(H,37,39). The van der Waals surface area contributed by atoms with Crippen LogP contribution in [0.1, 0.15) is 48.5 Å². The molecule has 2 amide bonds. The molecule has 1 N–H and O–H groups in total. The topological polar surface area (TPSA) is 49.4 Å². The third-order valence-corrected chi connectivity index (χ3v) is 7.66. The first-order valence-electron chi connectivity index (χ1n) is 13.5. The van der Waals surface area contributed by atoms with Crippen LogP contribution < -0.4 is 10.2 Å². The minimum atomic E-state index is -0.181. The molecule has 6 rings (SSSR count). The summed E-state index contributed by atoms with van der Waals surface area (Å²) in [6.07, 6.45) is 0.795. The number of hydrogen-bond acceptors (Lipinski definition) is 2. The number of aryl methyl sites for hydroxylation is 2. The number of anilines is 2. The van der Waals surface area contributed by atoms with Crippen LogP contribution in [0.5, 0.6) is 0 Å². The van der Waals surface area contributed by atoms with Crippen molar-refractivity contribution in [3.63, 3.8) is 0 Å². The van der Waals surface area contributed by atoms with E-state index in [4.69, 9.17) is 0 Å². The molecule has 1 aliphatic heterocycles. The largest absolute Gasteiger partial charge is 0.322 e. The predicted octanol–water partition coefficient (Wildman–Crippen LogP) is 7.97. The number of nitrogens with zero attached hydrogens (tertiary/aromatic N) is 1. The zero-order valence-electron chi connectivity index (χ0n) is 22.6. The lowest BCUT2D eigenvalue weighted by molar-refractivity contribution is 0.0983. The van der Waals surface area contributed by atoms with Crippen LogP contribution in [0.2, 0.25) is 0 Å². The summed E-state index contributed by atoms with van der Waals surface area (Å²) in [5.74, 6) is -0.226. The van der Waals surface area contributed by atoms with Gasteiger partial charge in [0, 0.05) is 22.5 Å². The lowest BCUT2D eigenvalue weighted by Gasteiger charge is -2.25. The minimum Gasteiger partial charge on any atom is -0.322 e.